The lowest BCUT2D eigenvalue weighted by atomic mass is 9.78. The lowest BCUT2D eigenvalue weighted by molar-refractivity contribution is -0.395. The van der Waals surface area contributed by atoms with Crippen LogP contribution in [0.4, 0.5) is 0 Å². The third-order valence-corrected chi connectivity index (χ3v) is 18.0. The molecule has 5 rings (SSSR count). The molecule has 105 heavy (non-hydrogen) atoms. The van der Waals surface area contributed by atoms with E-state index in [9.17, 15) is 43.2 Å². The zero-order chi connectivity index (χ0) is 77.3. The second kappa shape index (κ2) is 47.6. The van der Waals surface area contributed by atoms with Gasteiger partial charge in [0.05, 0.1) is 38.4 Å². The Morgan fingerprint density at radius 3 is 0.943 bits per heavy atom. The van der Waals surface area contributed by atoms with E-state index < -0.39 is 214 Å². The average Bonchev–Trinajstić information content (AvgIpc) is 0.767. The molecule has 0 aromatic carbocycles. The Bertz CT molecular complexity index is 2630. The molecule has 5 aliphatic rings. The van der Waals surface area contributed by atoms with Crippen LogP contribution in [0.1, 0.15) is 194 Å². The number of carbonyl (C=O) groups is 9. The Morgan fingerprint density at radius 2 is 0.610 bits per heavy atom. The van der Waals surface area contributed by atoms with Crippen molar-refractivity contribution in [1.29, 1.82) is 0 Å². The SMILES string of the molecule is CCCCOCC1O[C@H](OC2C(C)CC(C(=O)OC)C[C@H]2O[C@H]2OC(COCCCC)[C@@H](OCCCC)C(OCCCC)C2O[C@H]2OC(COC(C)=O)[C@@H](OC(C)=O)C(OC(C)=O)C2OC(C)=O)C(O[C@H]2OC(COC(C)=O)[C@@H](OC(C)=O)C(OC(C)=O)C2OC(C)=O)C(OCCCC)[C@@H]1OCCCC. The van der Waals surface area contributed by atoms with E-state index in [1.807, 2.05) is 48.5 Å². The van der Waals surface area contributed by atoms with Gasteiger partial charge in [-0.25, -0.2) is 0 Å². The first-order valence-corrected chi connectivity index (χ1v) is 37.5. The van der Waals surface area contributed by atoms with Crippen molar-refractivity contribution in [1.82, 2.24) is 0 Å². The van der Waals surface area contributed by atoms with Gasteiger partial charge in [-0.2, -0.15) is 0 Å². The summed E-state index contributed by atoms with van der Waals surface area (Å²) >= 11 is 0. The van der Waals surface area contributed by atoms with Gasteiger partial charge in [0.15, 0.2) is 61.8 Å². The molecule has 1 saturated carbocycles. The highest BCUT2D eigenvalue weighted by molar-refractivity contribution is 5.73. The first-order valence-electron chi connectivity index (χ1n) is 37.5. The third kappa shape index (κ3) is 28.9. The quantitative estimate of drug-likeness (QED) is 0.0346. The van der Waals surface area contributed by atoms with E-state index in [0.717, 1.165) is 81.1 Å². The molecule has 32 heteroatoms. The zero-order valence-corrected chi connectivity index (χ0v) is 64.4. The van der Waals surface area contributed by atoms with Crippen molar-refractivity contribution in [3.63, 3.8) is 0 Å². The minimum absolute atomic E-state index is 0.0581. The molecule has 4 saturated heterocycles. The van der Waals surface area contributed by atoms with E-state index in [1.54, 1.807) is 0 Å². The molecular weight excluding hydrogens is 1390 g/mol. The van der Waals surface area contributed by atoms with Crippen LogP contribution in [0.15, 0.2) is 0 Å². The van der Waals surface area contributed by atoms with Crippen molar-refractivity contribution in [2.24, 2.45) is 11.8 Å². The molecule has 0 N–H and O–H groups in total. The number of methoxy groups -OCH3 is 1. The first kappa shape index (κ1) is 90.3. The average molecular weight is 1510 g/mol. The first-order chi connectivity index (χ1) is 50.2. The molecular formula is C73H120O32. The smallest absolute Gasteiger partial charge is 0.308 e. The predicted octanol–water partition coefficient (Wildman–Crippen LogP) is 6.74. The largest absolute Gasteiger partial charge is 0.469 e. The predicted molar refractivity (Wildman–Crippen MR) is 365 cm³/mol. The number of hydrogen-bond donors (Lipinski definition) is 0. The van der Waals surface area contributed by atoms with Gasteiger partial charge in [-0.3, -0.25) is 43.2 Å². The van der Waals surface area contributed by atoms with Crippen LogP contribution in [0.2, 0.25) is 0 Å². The maximum atomic E-state index is 14.2. The zero-order valence-electron chi connectivity index (χ0n) is 64.4. The summed E-state index contributed by atoms with van der Waals surface area (Å²) in [6, 6.07) is 0. The molecule has 4 heterocycles. The summed E-state index contributed by atoms with van der Waals surface area (Å²) < 4.78 is 149. The molecule has 0 radical (unpaired) electrons. The Hall–Kier alpha value is -5.33. The number of rotatable bonds is 45. The third-order valence-electron chi connectivity index (χ3n) is 18.0. The summed E-state index contributed by atoms with van der Waals surface area (Å²) in [5, 5.41) is 0. The topological polar surface area (TPSA) is 366 Å². The van der Waals surface area contributed by atoms with E-state index in [2.05, 4.69) is 0 Å². The summed E-state index contributed by atoms with van der Waals surface area (Å²) in [4.78, 5) is 118. The normalized spacial score (nSPS) is 32.6. The van der Waals surface area contributed by atoms with Gasteiger partial charge in [0, 0.05) is 95.0 Å². The van der Waals surface area contributed by atoms with Crippen molar-refractivity contribution in [3.05, 3.63) is 0 Å². The lowest BCUT2D eigenvalue weighted by Crippen LogP contribution is -2.68. The highest BCUT2D eigenvalue weighted by atomic mass is 16.8. The van der Waals surface area contributed by atoms with Crippen LogP contribution in [-0.4, -0.2) is 262 Å². The fourth-order valence-corrected chi connectivity index (χ4v) is 13.1. The van der Waals surface area contributed by atoms with Gasteiger partial charge >= 0.3 is 53.7 Å². The van der Waals surface area contributed by atoms with Crippen LogP contribution in [0.3, 0.4) is 0 Å². The maximum absolute atomic E-state index is 14.2. The van der Waals surface area contributed by atoms with Crippen LogP contribution < -0.4 is 0 Å². The highest BCUT2D eigenvalue weighted by Crippen LogP contribution is 2.43. The van der Waals surface area contributed by atoms with E-state index in [0.29, 0.717) is 64.6 Å². The van der Waals surface area contributed by atoms with Gasteiger partial charge < -0.3 is 109 Å². The standard InChI is InChI=1S/C73H120O32/c1-17-23-29-84-37-52-57(86-31-25-19-3)61(88-33-27-21-5)65(104-72-67(96-48(14)80)63(94-46(12)78)59(92-44(10)76)54(101-72)39-90-42(8)74)70(99-52)98-51-36-50(69(82)83-16)35-41(7)56(51)103-71-66(62(89-34-28-22-6)58(87-32-26-20-4)53(100-71)38-85-30-24-18-2)105-73-68(97-49(15)81)64(95-47(13)79)60(93-45(11)77)55(102-73)40-91-43(9)75/h41,50-68,70-73H,17-40H2,1-16H3/t41?,50?,51-,52?,53?,54?,55?,56?,57-,58-,59-,60-,61?,62?,63?,64?,65?,66?,67?,68?,70+,71-,72-,73-/m1/s1. The van der Waals surface area contributed by atoms with E-state index in [1.165, 1.54) is 7.11 Å². The fourth-order valence-electron chi connectivity index (χ4n) is 13.1. The number of esters is 9. The molecule has 0 spiro atoms. The van der Waals surface area contributed by atoms with Crippen molar-refractivity contribution >= 4 is 53.7 Å². The molecule has 0 aromatic rings. The monoisotopic (exact) mass is 1510 g/mol. The summed E-state index contributed by atoms with van der Waals surface area (Å²) in [7, 11) is 1.26. The summed E-state index contributed by atoms with van der Waals surface area (Å²) in [5.74, 6) is -8.93. The Kier molecular flexibility index (Phi) is 40.9. The molecule has 15 unspecified atom stereocenters. The van der Waals surface area contributed by atoms with Gasteiger partial charge in [-0.05, 0) is 57.3 Å². The van der Waals surface area contributed by atoms with Crippen molar-refractivity contribution in [3.8, 4) is 0 Å². The molecule has 0 amide bonds. The van der Waals surface area contributed by atoms with Gasteiger partial charge in [0.1, 0.15) is 74.3 Å². The highest BCUT2D eigenvalue weighted by Gasteiger charge is 2.61. The maximum Gasteiger partial charge on any atom is 0.308 e. The number of hydrogen-bond acceptors (Lipinski definition) is 32. The van der Waals surface area contributed by atoms with Crippen LogP contribution in [-0.2, 0) is 152 Å². The second-order valence-corrected chi connectivity index (χ2v) is 27.0. The van der Waals surface area contributed by atoms with Gasteiger partial charge in [-0.1, -0.05) is 87.0 Å². The minimum Gasteiger partial charge on any atom is -0.469 e. The van der Waals surface area contributed by atoms with Crippen LogP contribution in [0.25, 0.3) is 0 Å². The lowest BCUT2D eigenvalue weighted by Gasteiger charge is -2.52. The Labute approximate surface area is 617 Å². The van der Waals surface area contributed by atoms with Gasteiger partial charge in [0.2, 0.25) is 0 Å². The molecule has 5 fully saturated rings. The van der Waals surface area contributed by atoms with Crippen molar-refractivity contribution in [2.45, 2.75) is 329 Å². The van der Waals surface area contributed by atoms with Crippen LogP contribution >= 0.6 is 0 Å². The molecule has 4 aliphatic heterocycles. The summed E-state index contributed by atoms with van der Waals surface area (Å²) in [6.07, 6.45) is -23.5. The molecule has 0 bridgehead atoms. The second-order valence-electron chi connectivity index (χ2n) is 27.0. The summed E-state index contributed by atoms with van der Waals surface area (Å²) in [5.41, 5.74) is 0. The van der Waals surface area contributed by atoms with Gasteiger partial charge in [-0.15, -0.1) is 0 Å². The van der Waals surface area contributed by atoms with Crippen LogP contribution in [0.5, 0.6) is 0 Å². The number of ether oxygens (including phenoxy) is 23. The molecule has 32 nitrogen and oxygen atoms in total. The number of carbonyl (C=O) groups excluding carboxylic acids is 9. The Balaban J connectivity index is 1.84. The van der Waals surface area contributed by atoms with Crippen molar-refractivity contribution in [2.75, 3.05) is 73.2 Å². The summed E-state index contributed by atoms with van der Waals surface area (Å²) in [6.45, 7) is 22.7. The van der Waals surface area contributed by atoms with Crippen molar-refractivity contribution < 1.29 is 152 Å². The van der Waals surface area contributed by atoms with E-state index in [4.69, 9.17) is 109 Å². The Morgan fingerprint density at radius 1 is 0.314 bits per heavy atom. The fraction of sp³-hybridized carbons (Fsp3) is 0.877. The van der Waals surface area contributed by atoms with E-state index in [-0.39, 0.29) is 52.5 Å². The van der Waals surface area contributed by atoms with Crippen LogP contribution in [0, 0.1) is 11.8 Å². The molecule has 0 aromatic heterocycles. The molecule has 604 valence electrons. The number of unbranched alkanes of at least 4 members (excludes halogenated alkanes) is 6. The minimum atomic E-state index is -1.82. The van der Waals surface area contributed by atoms with Gasteiger partial charge in [0.25, 0.3) is 0 Å². The van der Waals surface area contributed by atoms with E-state index >= 15 is 0 Å². The molecule has 1 aliphatic carbocycles. The molecule has 24 atom stereocenters.